The highest BCUT2D eigenvalue weighted by Crippen LogP contribution is 2.41. The third-order valence-corrected chi connectivity index (χ3v) is 5.45. The van der Waals surface area contributed by atoms with E-state index in [1.807, 2.05) is 14.1 Å². The van der Waals surface area contributed by atoms with Crippen LogP contribution in [0.1, 0.15) is 17.0 Å². The summed E-state index contributed by atoms with van der Waals surface area (Å²) in [7, 11) is 5.56. The van der Waals surface area contributed by atoms with E-state index in [1.54, 1.807) is 25.3 Å². The van der Waals surface area contributed by atoms with Crippen LogP contribution in [-0.4, -0.2) is 56.8 Å². The molecule has 2 fully saturated rings. The Morgan fingerprint density at radius 2 is 2.16 bits per heavy atom. The topological polar surface area (TPSA) is 63.9 Å². The van der Waals surface area contributed by atoms with Crippen molar-refractivity contribution in [2.45, 2.75) is 24.6 Å². The molecular weight excluding hydrogens is 344 g/mol. The molecule has 1 N–H and O–H groups in total. The third-order valence-electron chi connectivity index (χ3n) is 5.23. The summed E-state index contributed by atoms with van der Waals surface area (Å²) < 4.78 is 16.8. The Balaban J connectivity index is 1.58. The molecule has 134 valence electrons. The van der Waals surface area contributed by atoms with E-state index in [2.05, 4.69) is 10.2 Å². The quantitative estimate of drug-likeness (QED) is 0.903. The van der Waals surface area contributed by atoms with Crippen molar-refractivity contribution in [1.29, 1.82) is 0 Å². The van der Waals surface area contributed by atoms with E-state index in [0.717, 1.165) is 18.4 Å². The lowest BCUT2D eigenvalue weighted by molar-refractivity contribution is -0.0665. The predicted octanol–water partition coefficient (Wildman–Crippen LogP) is 2.54. The lowest BCUT2D eigenvalue weighted by Crippen LogP contribution is -2.69. The molecule has 1 aromatic carbocycles. The van der Waals surface area contributed by atoms with Gasteiger partial charge in [0.15, 0.2) is 17.1 Å². The Morgan fingerprint density at radius 3 is 2.88 bits per heavy atom. The van der Waals surface area contributed by atoms with Crippen LogP contribution in [0.5, 0.6) is 5.75 Å². The van der Waals surface area contributed by atoms with Crippen LogP contribution in [0.2, 0.25) is 5.02 Å². The van der Waals surface area contributed by atoms with Crippen LogP contribution < -0.4 is 10.1 Å². The van der Waals surface area contributed by atoms with E-state index in [-0.39, 0.29) is 29.9 Å². The van der Waals surface area contributed by atoms with Gasteiger partial charge in [0.05, 0.1) is 25.3 Å². The van der Waals surface area contributed by atoms with Gasteiger partial charge in [-0.05, 0) is 32.6 Å². The van der Waals surface area contributed by atoms with Crippen LogP contribution in [0.25, 0.3) is 11.0 Å². The molecule has 1 aliphatic heterocycles. The zero-order chi connectivity index (χ0) is 17.7. The Kier molecular flexibility index (Phi) is 4.14. The van der Waals surface area contributed by atoms with Crippen LogP contribution in [0.15, 0.2) is 22.6 Å². The van der Waals surface area contributed by atoms with Crippen LogP contribution in [0, 0.1) is 5.92 Å². The Bertz CT molecular complexity index is 819. The highest BCUT2D eigenvalue weighted by molar-refractivity contribution is 6.31. The third kappa shape index (κ3) is 2.69. The van der Waals surface area contributed by atoms with Crippen molar-refractivity contribution in [2.75, 3.05) is 27.8 Å². The predicted molar refractivity (Wildman–Crippen MR) is 94.4 cm³/mol. The highest BCUT2D eigenvalue weighted by Gasteiger charge is 2.55. The summed E-state index contributed by atoms with van der Waals surface area (Å²) in [5.41, 5.74) is 0.525. The lowest BCUT2D eigenvalue weighted by Gasteiger charge is -2.50. The first kappa shape index (κ1) is 16.7. The summed E-state index contributed by atoms with van der Waals surface area (Å²) in [6.07, 6.45) is 1.18. The van der Waals surface area contributed by atoms with E-state index in [9.17, 15) is 4.79 Å². The maximum atomic E-state index is 12.7. The number of methoxy groups -OCH3 is 1. The number of fused-ring (bicyclic) bond motifs is 2. The van der Waals surface area contributed by atoms with Crippen LogP contribution in [0.4, 0.5) is 0 Å². The minimum atomic E-state index is -0.225. The van der Waals surface area contributed by atoms with Crippen molar-refractivity contribution in [3.63, 3.8) is 0 Å². The van der Waals surface area contributed by atoms with Crippen LogP contribution in [0.3, 0.4) is 0 Å². The van der Waals surface area contributed by atoms with Gasteiger partial charge in [-0.15, -0.1) is 0 Å². The first-order valence-corrected chi connectivity index (χ1v) is 8.73. The summed E-state index contributed by atoms with van der Waals surface area (Å²) in [4.78, 5) is 14.8. The second-order valence-corrected chi connectivity index (χ2v) is 7.31. The molecule has 6 nitrogen and oxygen atoms in total. The zero-order valence-electron chi connectivity index (χ0n) is 14.4. The minimum Gasteiger partial charge on any atom is -0.493 e. The van der Waals surface area contributed by atoms with Crippen molar-refractivity contribution in [1.82, 2.24) is 10.2 Å². The molecule has 0 radical (unpaired) electrons. The maximum Gasteiger partial charge on any atom is 0.287 e. The molecule has 1 aromatic heterocycles. The number of rotatable bonds is 4. The van der Waals surface area contributed by atoms with E-state index < -0.39 is 0 Å². The molecular formula is C18H21ClN2O4. The van der Waals surface area contributed by atoms with Gasteiger partial charge in [-0.2, -0.15) is 0 Å². The van der Waals surface area contributed by atoms with Gasteiger partial charge in [-0.3, -0.25) is 4.79 Å². The monoisotopic (exact) mass is 364 g/mol. The number of likely N-dealkylation sites (N-methyl/N-ethyl adjacent to an activating group) is 1. The Labute approximate surface area is 151 Å². The van der Waals surface area contributed by atoms with E-state index >= 15 is 0 Å². The van der Waals surface area contributed by atoms with E-state index in [0.29, 0.717) is 22.3 Å². The number of amides is 1. The van der Waals surface area contributed by atoms with Gasteiger partial charge in [0, 0.05) is 29.0 Å². The number of nitrogens with one attached hydrogen (secondary N) is 1. The van der Waals surface area contributed by atoms with Crippen molar-refractivity contribution in [2.24, 2.45) is 5.92 Å². The van der Waals surface area contributed by atoms with Gasteiger partial charge in [0.25, 0.3) is 5.91 Å². The second kappa shape index (κ2) is 6.20. The SMILES string of the molecule is COc1cc(Cl)cc2cc(C(=O)N[C@H]3[C@H]4CCO[C@H]4[C@@H]3N(C)C)oc12. The number of benzene rings is 1. The van der Waals surface area contributed by atoms with Gasteiger partial charge in [-0.25, -0.2) is 0 Å². The smallest absolute Gasteiger partial charge is 0.287 e. The van der Waals surface area contributed by atoms with E-state index in [4.69, 9.17) is 25.5 Å². The largest absolute Gasteiger partial charge is 0.493 e. The molecule has 1 amide bonds. The van der Waals surface area contributed by atoms with Crippen LogP contribution in [-0.2, 0) is 4.74 Å². The molecule has 25 heavy (non-hydrogen) atoms. The summed E-state index contributed by atoms with van der Waals surface area (Å²) in [6.45, 7) is 0.756. The number of furan rings is 1. The lowest BCUT2D eigenvalue weighted by atomic mass is 9.71. The van der Waals surface area contributed by atoms with Gasteiger partial charge in [0.2, 0.25) is 0 Å². The molecule has 0 unspecified atom stereocenters. The molecule has 1 aliphatic carbocycles. The number of hydrogen-bond acceptors (Lipinski definition) is 5. The minimum absolute atomic E-state index is 0.0636. The fourth-order valence-corrected chi connectivity index (χ4v) is 4.27. The number of carbonyl (C=O) groups excluding carboxylic acids is 1. The van der Waals surface area contributed by atoms with E-state index in [1.165, 1.54) is 0 Å². The van der Waals surface area contributed by atoms with Crippen LogP contribution >= 0.6 is 11.6 Å². The Morgan fingerprint density at radius 1 is 1.36 bits per heavy atom. The summed E-state index contributed by atoms with van der Waals surface area (Å²) in [5.74, 6) is 0.914. The zero-order valence-corrected chi connectivity index (χ0v) is 15.2. The van der Waals surface area contributed by atoms with Crippen molar-refractivity contribution < 1.29 is 18.7 Å². The van der Waals surface area contributed by atoms with Crippen molar-refractivity contribution >= 4 is 28.5 Å². The molecule has 7 heteroatoms. The van der Waals surface area contributed by atoms with Crippen molar-refractivity contribution in [3.8, 4) is 5.75 Å². The summed E-state index contributed by atoms with van der Waals surface area (Å²) in [6, 6.07) is 5.37. The Hall–Kier alpha value is -1.76. The number of nitrogens with zero attached hydrogens (tertiary/aromatic N) is 1. The molecule has 0 bridgehead atoms. The number of ether oxygens (including phenoxy) is 2. The first-order chi connectivity index (χ1) is 12.0. The normalized spacial score (nSPS) is 28.0. The van der Waals surface area contributed by atoms with Gasteiger partial charge >= 0.3 is 0 Å². The van der Waals surface area contributed by atoms with Gasteiger partial charge in [0.1, 0.15) is 0 Å². The average molecular weight is 365 g/mol. The molecule has 1 saturated heterocycles. The fourth-order valence-electron chi connectivity index (χ4n) is 4.06. The summed E-state index contributed by atoms with van der Waals surface area (Å²) >= 11 is 6.08. The molecule has 4 atom stereocenters. The highest BCUT2D eigenvalue weighted by atomic mass is 35.5. The fraction of sp³-hybridized carbons (Fsp3) is 0.500. The number of halogens is 1. The standard InChI is InChI=1S/C18H21ClN2O4/c1-21(2)15-14(11-4-5-24-17(11)15)20-18(22)13-7-9-6-10(19)8-12(23-3)16(9)25-13/h6-8,11,14-15,17H,4-5H2,1-3H3,(H,20,22)/t11-,14+,15-,17-/m1/s1. The molecule has 2 aliphatic rings. The molecule has 1 saturated carbocycles. The maximum absolute atomic E-state index is 12.7. The average Bonchev–Trinajstić information content (AvgIpc) is 3.15. The number of hydrogen-bond donors (Lipinski definition) is 1. The van der Waals surface area contributed by atoms with Crippen molar-refractivity contribution in [3.05, 3.63) is 29.0 Å². The molecule has 4 rings (SSSR count). The second-order valence-electron chi connectivity index (χ2n) is 6.88. The molecule has 2 aromatic rings. The summed E-state index contributed by atoms with van der Waals surface area (Å²) in [5, 5.41) is 4.40. The molecule has 0 spiro atoms. The van der Waals surface area contributed by atoms with Gasteiger partial charge < -0.3 is 24.1 Å². The first-order valence-electron chi connectivity index (χ1n) is 8.35. The number of carbonyl (C=O) groups is 1. The molecule has 2 heterocycles. The van der Waals surface area contributed by atoms with Gasteiger partial charge in [-0.1, -0.05) is 11.6 Å².